The van der Waals surface area contributed by atoms with Crippen molar-refractivity contribution in [1.82, 2.24) is 9.97 Å². The van der Waals surface area contributed by atoms with Crippen LogP contribution in [0, 0.1) is 11.7 Å². The van der Waals surface area contributed by atoms with Crippen LogP contribution in [0.1, 0.15) is 15.9 Å². The molecule has 17 heavy (non-hydrogen) atoms. The Morgan fingerprint density at radius 1 is 1.47 bits per heavy atom. The van der Waals surface area contributed by atoms with Gasteiger partial charge in [-0.15, -0.1) is 0 Å². The zero-order valence-corrected chi connectivity index (χ0v) is 9.91. The first-order valence-corrected chi connectivity index (χ1v) is 5.38. The lowest BCUT2D eigenvalue weighted by molar-refractivity contribution is 0.0697. The molecule has 0 bridgehead atoms. The monoisotopic (exact) mass is 246 g/mol. The first-order valence-electron chi connectivity index (χ1n) is 4.97. The van der Waals surface area contributed by atoms with Crippen molar-refractivity contribution in [3.8, 4) is 11.3 Å². The number of carboxylic acid groups (broad SMARTS) is 1. The van der Waals surface area contributed by atoms with Crippen molar-refractivity contribution in [2.75, 3.05) is 0 Å². The Balaban J connectivity index is 2.69. The molecule has 0 unspecified atom stereocenters. The summed E-state index contributed by atoms with van der Waals surface area (Å²) in [6, 6.07) is 7.54. The fourth-order valence-corrected chi connectivity index (χ4v) is 1.74. The van der Waals surface area contributed by atoms with Gasteiger partial charge >= 0.3 is 5.97 Å². The van der Waals surface area contributed by atoms with Crippen LogP contribution in [0.5, 0.6) is 0 Å². The highest BCUT2D eigenvalue weighted by atomic mass is 32.1. The Hall–Kier alpha value is -2.01. The van der Waals surface area contributed by atoms with Crippen LogP contribution in [0.2, 0.25) is 0 Å². The van der Waals surface area contributed by atoms with Crippen molar-refractivity contribution < 1.29 is 9.90 Å². The van der Waals surface area contributed by atoms with Gasteiger partial charge in [-0.3, -0.25) is 0 Å². The summed E-state index contributed by atoms with van der Waals surface area (Å²) in [5.41, 5.74) is 2.44. The van der Waals surface area contributed by atoms with Crippen molar-refractivity contribution in [3.05, 3.63) is 46.4 Å². The molecule has 0 saturated carbocycles. The molecule has 1 heterocycles. The van der Waals surface area contributed by atoms with Crippen LogP contribution in [-0.4, -0.2) is 21.0 Å². The molecule has 1 aromatic carbocycles. The number of nitrogens with zero attached hydrogens (tertiary/aromatic N) is 1. The summed E-state index contributed by atoms with van der Waals surface area (Å²) < 4.78 is 0.270. The van der Waals surface area contributed by atoms with Crippen molar-refractivity contribution in [2.45, 2.75) is 6.92 Å². The van der Waals surface area contributed by atoms with E-state index in [0.717, 1.165) is 11.1 Å². The predicted molar refractivity (Wildman–Crippen MR) is 66.6 cm³/mol. The maximum Gasteiger partial charge on any atom is 0.339 e. The second-order valence-electron chi connectivity index (χ2n) is 3.65. The summed E-state index contributed by atoms with van der Waals surface area (Å²) in [6.07, 6.45) is 1.28. The predicted octanol–water partition coefficient (Wildman–Crippen LogP) is 2.81. The summed E-state index contributed by atoms with van der Waals surface area (Å²) in [5.74, 6) is -1.03. The van der Waals surface area contributed by atoms with Gasteiger partial charge in [0, 0.05) is 6.20 Å². The molecular formula is C12H10N2O2S. The first kappa shape index (κ1) is 11.5. The summed E-state index contributed by atoms with van der Waals surface area (Å²) in [5, 5.41) is 9.09. The molecule has 2 N–H and O–H groups in total. The second kappa shape index (κ2) is 4.47. The average Bonchev–Trinajstić information content (AvgIpc) is 2.28. The van der Waals surface area contributed by atoms with E-state index < -0.39 is 5.97 Å². The van der Waals surface area contributed by atoms with Gasteiger partial charge in [-0.05, 0) is 30.8 Å². The van der Waals surface area contributed by atoms with Gasteiger partial charge in [-0.2, -0.15) is 0 Å². The van der Waals surface area contributed by atoms with E-state index in [4.69, 9.17) is 17.3 Å². The van der Waals surface area contributed by atoms with Crippen LogP contribution in [-0.2, 0) is 0 Å². The van der Waals surface area contributed by atoms with E-state index in [-0.39, 0.29) is 10.3 Å². The fourth-order valence-electron chi connectivity index (χ4n) is 1.58. The van der Waals surface area contributed by atoms with Gasteiger partial charge < -0.3 is 10.1 Å². The number of nitrogens with one attached hydrogen (secondary N) is 1. The SMILES string of the molecule is Cc1cccc(-c2[nH]c(=S)ncc2C(=O)O)c1. The third kappa shape index (κ3) is 2.39. The van der Waals surface area contributed by atoms with Crippen molar-refractivity contribution in [2.24, 2.45) is 0 Å². The largest absolute Gasteiger partial charge is 0.478 e. The minimum absolute atomic E-state index is 0.115. The molecule has 1 aromatic heterocycles. The number of hydrogen-bond acceptors (Lipinski definition) is 3. The van der Waals surface area contributed by atoms with Gasteiger partial charge in [0.15, 0.2) is 4.77 Å². The summed E-state index contributed by atoms with van der Waals surface area (Å²) >= 11 is 4.92. The number of carbonyl (C=O) groups is 1. The lowest BCUT2D eigenvalue weighted by Crippen LogP contribution is -2.03. The molecule has 86 valence electrons. The van der Waals surface area contributed by atoms with Crippen molar-refractivity contribution in [3.63, 3.8) is 0 Å². The van der Waals surface area contributed by atoms with E-state index in [9.17, 15) is 4.79 Å². The van der Waals surface area contributed by atoms with E-state index >= 15 is 0 Å². The number of rotatable bonds is 2. The Labute approximate surface area is 103 Å². The van der Waals surface area contributed by atoms with Gasteiger partial charge in [-0.25, -0.2) is 9.78 Å². The molecule has 2 rings (SSSR count). The number of H-pyrrole nitrogens is 1. The highest BCUT2D eigenvalue weighted by Gasteiger charge is 2.12. The van der Waals surface area contributed by atoms with Gasteiger partial charge in [0.2, 0.25) is 0 Å². The Morgan fingerprint density at radius 2 is 2.24 bits per heavy atom. The topological polar surface area (TPSA) is 66.0 Å². The number of aromatic carboxylic acids is 1. The molecule has 0 saturated heterocycles. The molecule has 5 heteroatoms. The van der Waals surface area contributed by atoms with Crippen LogP contribution in [0.3, 0.4) is 0 Å². The number of aryl methyl sites for hydroxylation is 1. The fraction of sp³-hybridized carbons (Fsp3) is 0.0833. The lowest BCUT2D eigenvalue weighted by atomic mass is 10.1. The van der Waals surface area contributed by atoms with Crippen molar-refractivity contribution >= 4 is 18.2 Å². The minimum atomic E-state index is -1.03. The quantitative estimate of drug-likeness (QED) is 0.800. The molecule has 0 aliphatic carbocycles. The van der Waals surface area contributed by atoms with Crippen molar-refractivity contribution in [1.29, 1.82) is 0 Å². The number of aromatic amines is 1. The smallest absolute Gasteiger partial charge is 0.339 e. The maximum atomic E-state index is 11.1. The lowest BCUT2D eigenvalue weighted by Gasteiger charge is -2.06. The van der Waals surface area contributed by atoms with Crippen LogP contribution in [0.15, 0.2) is 30.5 Å². The van der Waals surface area contributed by atoms with Gasteiger partial charge in [0.05, 0.1) is 5.69 Å². The van der Waals surface area contributed by atoms with Gasteiger partial charge in [-0.1, -0.05) is 23.8 Å². The zero-order chi connectivity index (χ0) is 12.4. The minimum Gasteiger partial charge on any atom is -0.478 e. The van der Waals surface area contributed by atoms with E-state index in [1.165, 1.54) is 6.20 Å². The summed E-state index contributed by atoms with van der Waals surface area (Å²) in [4.78, 5) is 17.7. The van der Waals surface area contributed by atoms with Crippen LogP contribution in [0.4, 0.5) is 0 Å². The number of carboxylic acids is 1. The first-order chi connectivity index (χ1) is 8.08. The van der Waals surface area contributed by atoms with E-state index in [0.29, 0.717) is 5.69 Å². The van der Waals surface area contributed by atoms with E-state index in [2.05, 4.69) is 9.97 Å². The Bertz CT molecular complexity index is 634. The molecule has 0 amide bonds. The molecule has 2 aromatic rings. The highest BCUT2D eigenvalue weighted by Crippen LogP contribution is 2.21. The number of hydrogen-bond donors (Lipinski definition) is 2. The molecule has 0 spiro atoms. The molecule has 0 aliphatic heterocycles. The molecule has 0 fully saturated rings. The maximum absolute atomic E-state index is 11.1. The third-order valence-electron chi connectivity index (χ3n) is 2.35. The number of aromatic nitrogens is 2. The van der Waals surface area contributed by atoms with Gasteiger partial charge in [0.25, 0.3) is 0 Å². The molecule has 0 radical (unpaired) electrons. The Kier molecular flexibility index (Phi) is 3.01. The normalized spacial score (nSPS) is 10.2. The second-order valence-corrected chi connectivity index (χ2v) is 4.04. The Morgan fingerprint density at radius 3 is 2.88 bits per heavy atom. The van der Waals surface area contributed by atoms with Gasteiger partial charge in [0.1, 0.15) is 5.56 Å². The summed E-state index contributed by atoms with van der Waals surface area (Å²) in [6.45, 7) is 1.94. The van der Waals surface area contributed by atoms with E-state index in [1.54, 1.807) is 0 Å². The van der Waals surface area contributed by atoms with Crippen LogP contribution in [0.25, 0.3) is 11.3 Å². The number of benzene rings is 1. The molecule has 4 nitrogen and oxygen atoms in total. The molecule has 0 aliphatic rings. The standard InChI is InChI=1S/C12H10N2O2S/c1-7-3-2-4-8(5-7)10-9(11(15)16)6-13-12(17)14-10/h2-6H,1H3,(H,15,16)(H,13,14,17). The molecule has 0 atom stereocenters. The average molecular weight is 246 g/mol. The highest BCUT2D eigenvalue weighted by molar-refractivity contribution is 7.71. The third-order valence-corrected chi connectivity index (χ3v) is 2.56. The van der Waals surface area contributed by atoms with Crippen LogP contribution >= 0.6 is 12.2 Å². The van der Waals surface area contributed by atoms with E-state index in [1.807, 2.05) is 31.2 Å². The van der Waals surface area contributed by atoms with Crippen LogP contribution < -0.4 is 0 Å². The molecular weight excluding hydrogens is 236 g/mol. The zero-order valence-electron chi connectivity index (χ0n) is 9.10. The summed E-state index contributed by atoms with van der Waals surface area (Å²) in [7, 11) is 0.